The molecule has 0 spiro atoms. The zero-order valence-electron chi connectivity index (χ0n) is 12.3. The van der Waals surface area contributed by atoms with Crippen LogP contribution in [0.2, 0.25) is 0 Å². The number of nitrogens with one attached hydrogen (secondary N) is 3. The van der Waals surface area contributed by atoms with Crippen molar-refractivity contribution in [3.8, 4) is 0 Å². The van der Waals surface area contributed by atoms with E-state index in [9.17, 15) is 4.79 Å². The molecule has 1 saturated carbocycles. The number of anilines is 2. The second-order valence-electron chi connectivity index (χ2n) is 5.28. The van der Waals surface area contributed by atoms with Gasteiger partial charge in [0.1, 0.15) is 5.82 Å². The van der Waals surface area contributed by atoms with Crippen LogP contribution < -0.4 is 16.0 Å². The number of hydrogen-bond acceptors (Lipinski definition) is 5. The van der Waals surface area contributed by atoms with Gasteiger partial charge in [-0.25, -0.2) is 9.50 Å². The normalized spacial score (nSPS) is 15.3. The van der Waals surface area contributed by atoms with Crippen molar-refractivity contribution in [1.29, 1.82) is 0 Å². The van der Waals surface area contributed by atoms with Gasteiger partial charge in [-0.2, -0.15) is 0 Å². The van der Waals surface area contributed by atoms with Crippen molar-refractivity contribution in [3.63, 3.8) is 0 Å². The van der Waals surface area contributed by atoms with Crippen molar-refractivity contribution in [2.75, 3.05) is 24.7 Å². The minimum absolute atomic E-state index is 0.114. The molecule has 0 bridgehead atoms. The Balaban J connectivity index is 1.96. The average molecular weight is 288 g/mol. The zero-order valence-corrected chi connectivity index (χ0v) is 12.3. The van der Waals surface area contributed by atoms with Crippen molar-refractivity contribution < 1.29 is 4.79 Å². The SMILES string of the molecule is CNc1cc(NC)c2ncc(C(=O)NC3CCCC3)n2n1. The van der Waals surface area contributed by atoms with E-state index < -0.39 is 0 Å². The van der Waals surface area contributed by atoms with E-state index in [1.165, 1.54) is 12.8 Å². The number of imidazole rings is 1. The number of amides is 1. The molecule has 112 valence electrons. The summed E-state index contributed by atoms with van der Waals surface area (Å²) in [5.41, 5.74) is 1.94. The third kappa shape index (κ3) is 2.51. The van der Waals surface area contributed by atoms with Gasteiger partial charge in [-0.15, -0.1) is 5.10 Å². The maximum atomic E-state index is 12.4. The highest BCUT2D eigenvalue weighted by Crippen LogP contribution is 2.21. The van der Waals surface area contributed by atoms with Crippen LogP contribution >= 0.6 is 0 Å². The van der Waals surface area contributed by atoms with E-state index in [0.717, 1.165) is 18.5 Å². The molecule has 3 N–H and O–H groups in total. The lowest BCUT2D eigenvalue weighted by molar-refractivity contribution is 0.0931. The maximum absolute atomic E-state index is 12.4. The first-order valence-electron chi connectivity index (χ1n) is 7.28. The first kappa shape index (κ1) is 13.7. The Morgan fingerprint density at radius 3 is 2.71 bits per heavy atom. The Bertz CT molecular complexity index is 659. The van der Waals surface area contributed by atoms with Gasteiger partial charge in [-0.1, -0.05) is 12.8 Å². The van der Waals surface area contributed by atoms with Crippen molar-refractivity contribution in [2.24, 2.45) is 0 Å². The second kappa shape index (κ2) is 5.59. The summed E-state index contributed by atoms with van der Waals surface area (Å²) in [4.78, 5) is 16.7. The summed E-state index contributed by atoms with van der Waals surface area (Å²) < 4.78 is 1.59. The molecule has 7 heteroatoms. The van der Waals surface area contributed by atoms with E-state index >= 15 is 0 Å². The summed E-state index contributed by atoms with van der Waals surface area (Å²) in [7, 11) is 3.62. The summed E-state index contributed by atoms with van der Waals surface area (Å²) in [5, 5.41) is 13.5. The minimum Gasteiger partial charge on any atom is -0.385 e. The molecule has 1 amide bonds. The largest absolute Gasteiger partial charge is 0.385 e. The first-order valence-corrected chi connectivity index (χ1v) is 7.28. The molecule has 2 aromatic heterocycles. The number of aromatic nitrogens is 3. The number of carbonyl (C=O) groups excluding carboxylic acids is 1. The van der Waals surface area contributed by atoms with Gasteiger partial charge in [0.25, 0.3) is 5.91 Å². The van der Waals surface area contributed by atoms with Gasteiger partial charge in [-0.05, 0) is 12.8 Å². The third-order valence-corrected chi connectivity index (χ3v) is 3.92. The Kier molecular flexibility index (Phi) is 3.64. The van der Waals surface area contributed by atoms with Crippen LogP contribution in [0, 0.1) is 0 Å². The molecule has 1 aliphatic rings. The van der Waals surface area contributed by atoms with Gasteiger partial charge in [0.15, 0.2) is 11.3 Å². The van der Waals surface area contributed by atoms with Gasteiger partial charge < -0.3 is 16.0 Å². The highest BCUT2D eigenvalue weighted by molar-refractivity contribution is 5.94. The fraction of sp³-hybridized carbons (Fsp3) is 0.500. The van der Waals surface area contributed by atoms with Crippen LogP contribution in [0.15, 0.2) is 12.3 Å². The van der Waals surface area contributed by atoms with E-state index in [1.54, 1.807) is 17.8 Å². The molecular weight excluding hydrogens is 268 g/mol. The van der Waals surface area contributed by atoms with Crippen molar-refractivity contribution >= 4 is 23.1 Å². The fourth-order valence-electron chi connectivity index (χ4n) is 2.76. The summed E-state index contributed by atoms with van der Waals surface area (Å²) in [6.45, 7) is 0. The molecule has 1 fully saturated rings. The molecule has 7 nitrogen and oxygen atoms in total. The summed E-state index contributed by atoms with van der Waals surface area (Å²) in [5.74, 6) is 0.567. The Labute approximate surface area is 123 Å². The van der Waals surface area contributed by atoms with Crippen molar-refractivity contribution in [1.82, 2.24) is 19.9 Å². The van der Waals surface area contributed by atoms with Crippen molar-refractivity contribution in [3.05, 3.63) is 18.0 Å². The second-order valence-corrected chi connectivity index (χ2v) is 5.28. The number of nitrogens with zero attached hydrogens (tertiary/aromatic N) is 3. The number of fused-ring (bicyclic) bond motifs is 1. The van der Waals surface area contributed by atoms with Crippen LogP contribution in [0.4, 0.5) is 11.5 Å². The van der Waals surface area contributed by atoms with Crippen LogP contribution in [0.5, 0.6) is 0 Å². The molecule has 2 heterocycles. The quantitative estimate of drug-likeness (QED) is 0.794. The van der Waals surface area contributed by atoms with Gasteiger partial charge in [0.05, 0.1) is 11.9 Å². The van der Waals surface area contributed by atoms with Crippen LogP contribution in [-0.2, 0) is 0 Å². The van der Waals surface area contributed by atoms with Crippen LogP contribution in [0.1, 0.15) is 36.2 Å². The Morgan fingerprint density at radius 1 is 1.29 bits per heavy atom. The minimum atomic E-state index is -0.114. The topological polar surface area (TPSA) is 83.3 Å². The maximum Gasteiger partial charge on any atom is 0.271 e. The van der Waals surface area contributed by atoms with Gasteiger partial charge in [0, 0.05) is 26.2 Å². The van der Waals surface area contributed by atoms with Gasteiger partial charge >= 0.3 is 0 Å². The molecule has 0 aliphatic heterocycles. The Hall–Kier alpha value is -2.31. The molecule has 0 radical (unpaired) electrons. The predicted octanol–water partition coefficient (Wildman–Crippen LogP) is 1.49. The van der Waals surface area contributed by atoms with Crippen LogP contribution in [0.3, 0.4) is 0 Å². The number of carbonyl (C=O) groups is 1. The molecule has 21 heavy (non-hydrogen) atoms. The van der Waals surface area contributed by atoms with E-state index in [4.69, 9.17) is 0 Å². The average Bonchev–Trinajstić information content (AvgIpc) is 3.14. The highest BCUT2D eigenvalue weighted by atomic mass is 16.2. The van der Waals surface area contributed by atoms with Gasteiger partial charge in [-0.3, -0.25) is 4.79 Å². The zero-order chi connectivity index (χ0) is 14.8. The molecule has 0 unspecified atom stereocenters. The van der Waals surface area contributed by atoms with Crippen LogP contribution in [-0.4, -0.2) is 40.6 Å². The first-order chi connectivity index (χ1) is 10.2. The van der Waals surface area contributed by atoms with E-state index in [2.05, 4.69) is 26.0 Å². The molecular formula is C14H20N6O. The molecule has 2 aromatic rings. The van der Waals surface area contributed by atoms with E-state index in [-0.39, 0.29) is 11.9 Å². The summed E-state index contributed by atoms with van der Waals surface area (Å²) >= 11 is 0. The highest BCUT2D eigenvalue weighted by Gasteiger charge is 2.21. The molecule has 0 saturated heterocycles. The Morgan fingerprint density at radius 2 is 2.05 bits per heavy atom. The van der Waals surface area contributed by atoms with E-state index in [1.807, 2.05) is 13.1 Å². The molecule has 0 aromatic carbocycles. The summed E-state index contributed by atoms with van der Waals surface area (Å²) in [6.07, 6.45) is 6.06. The monoisotopic (exact) mass is 288 g/mol. The molecule has 3 rings (SSSR count). The summed E-state index contributed by atoms with van der Waals surface area (Å²) in [6, 6.07) is 2.14. The lowest BCUT2D eigenvalue weighted by atomic mass is 10.2. The standard InChI is InChI=1S/C14H20N6O/c1-15-10-7-12(16-2)19-20-11(8-17-13(10)20)14(21)18-9-5-3-4-6-9/h7-9,15H,3-6H2,1-2H3,(H,16,19)(H,18,21). The molecule has 0 atom stereocenters. The number of hydrogen-bond donors (Lipinski definition) is 3. The lowest BCUT2D eigenvalue weighted by Gasteiger charge is -2.12. The fourth-order valence-corrected chi connectivity index (χ4v) is 2.76. The van der Waals surface area contributed by atoms with Crippen LogP contribution in [0.25, 0.3) is 5.65 Å². The van der Waals surface area contributed by atoms with E-state index in [0.29, 0.717) is 17.2 Å². The molecule has 1 aliphatic carbocycles. The number of rotatable bonds is 4. The van der Waals surface area contributed by atoms with Gasteiger partial charge in [0.2, 0.25) is 0 Å². The smallest absolute Gasteiger partial charge is 0.271 e. The van der Waals surface area contributed by atoms with Crippen molar-refractivity contribution in [2.45, 2.75) is 31.7 Å². The third-order valence-electron chi connectivity index (χ3n) is 3.92. The lowest BCUT2D eigenvalue weighted by Crippen LogP contribution is -2.33. The predicted molar refractivity (Wildman–Crippen MR) is 81.8 cm³/mol.